The minimum absolute atomic E-state index is 0.453. The summed E-state index contributed by atoms with van der Waals surface area (Å²) in [5.74, 6) is 0. The average molecular weight is 256 g/mol. The molecule has 14 heavy (non-hydrogen) atoms. The highest BCUT2D eigenvalue weighted by molar-refractivity contribution is 9.09. The van der Waals surface area contributed by atoms with E-state index in [0.717, 1.165) is 11.8 Å². The third kappa shape index (κ3) is 3.56. The standard InChI is InChI=1S/C10H14BrN3/c11-8-10(6-7-13-14-12)9-4-2-1-3-5-9/h4,6H,1-3,5,7-8H2/b10-6+. The Bertz CT molecular complexity index is 288. The molecular formula is C10H14BrN3. The molecule has 0 radical (unpaired) electrons. The van der Waals surface area contributed by atoms with Crippen LogP contribution in [-0.4, -0.2) is 11.9 Å². The SMILES string of the molecule is [N-]=[N+]=NC/C=C(\CBr)C1=CCCCC1. The molecule has 1 aliphatic rings. The van der Waals surface area contributed by atoms with Gasteiger partial charge in [-0.3, -0.25) is 0 Å². The number of allylic oxidation sites excluding steroid dienone is 3. The van der Waals surface area contributed by atoms with Gasteiger partial charge in [0.25, 0.3) is 0 Å². The third-order valence-electron chi connectivity index (χ3n) is 2.33. The molecule has 0 spiro atoms. The van der Waals surface area contributed by atoms with Gasteiger partial charge >= 0.3 is 0 Å². The quantitative estimate of drug-likeness (QED) is 0.314. The van der Waals surface area contributed by atoms with Crippen LogP contribution < -0.4 is 0 Å². The fourth-order valence-corrected chi connectivity index (χ4v) is 2.18. The second-order valence-electron chi connectivity index (χ2n) is 3.25. The zero-order valence-corrected chi connectivity index (χ0v) is 9.70. The Hall–Kier alpha value is -0.730. The van der Waals surface area contributed by atoms with E-state index >= 15 is 0 Å². The van der Waals surface area contributed by atoms with E-state index in [-0.39, 0.29) is 0 Å². The van der Waals surface area contributed by atoms with Gasteiger partial charge in [0, 0.05) is 16.8 Å². The van der Waals surface area contributed by atoms with Crippen molar-refractivity contribution in [2.24, 2.45) is 5.11 Å². The maximum atomic E-state index is 8.16. The Kier molecular flexibility index (Phi) is 5.42. The fraction of sp³-hybridized carbons (Fsp3) is 0.600. The molecule has 0 amide bonds. The molecule has 4 heteroatoms. The summed E-state index contributed by atoms with van der Waals surface area (Å²) in [6.45, 7) is 0.453. The first kappa shape index (κ1) is 11.3. The van der Waals surface area contributed by atoms with Crippen LogP contribution in [0.2, 0.25) is 0 Å². The van der Waals surface area contributed by atoms with Crippen molar-refractivity contribution in [3.63, 3.8) is 0 Å². The lowest BCUT2D eigenvalue weighted by atomic mass is 9.94. The van der Waals surface area contributed by atoms with Gasteiger partial charge in [0.05, 0.1) is 0 Å². The van der Waals surface area contributed by atoms with E-state index < -0.39 is 0 Å². The molecule has 3 nitrogen and oxygen atoms in total. The van der Waals surface area contributed by atoms with Gasteiger partial charge in [0.15, 0.2) is 0 Å². The van der Waals surface area contributed by atoms with Gasteiger partial charge in [-0.15, -0.1) is 0 Å². The lowest BCUT2D eigenvalue weighted by molar-refractivity contribution is 0.706. The molecule has 0 aromatic heterocycles. The van der Waals surface area contributed by atoms with Gasteiger partial charge in [-0.2, -0.15) is 0 Å². The molecule has 0 N–H and O–H groups in total. The largest absolute Gasteiger partial charge is 0.0899 e. The second-order valence-corrected chi connectivity index (χ2v) is 3.81. The van der Waals surface area contributed by atoms with E-state index in [2.05, 4.69) is 32.0 Å². The summed E-state index contributed by atoms with van der Waals surface area (Å²) < 4.78 is 0. The van der Waals surface area contributed by atoms with Crippen LogP contribution in [0.1, 0.15) is 25.7 Å². The number of azide groups is 1. The monoisotopic (exact) mass is 255 g/mol. The van der Waals surface area contributed by atoms with Crippen LogP contribution in [0.5, 0.6) is 0 Å². The van der Waals surface area contributed by atoms with Crippen molar-refractivity contribution in [3.05, 3.63) is 33.7 Å². The maximum Gasteiger partial charge on any atom is 0.0446 e. The molecule has 0 aromatic rings. The van der Waals surface area contributed by atoms with Crippen LogP contribution in [0.15, 0.2) is 28.4 Å². The smallest absolute Gasteiger partial charge is 0.0446 e. The maximum absolute atomic E-state index is 8.16. The first-order chi connectivity index (χ1) is 6.88. The normalized spacial score (nSPS) is 17.2. The van der Waals surface area contributed by atoms with Crippen molar-refractivity contribution in [3.8, 4) is 0 Å². The van der Waals surface area contributed by atoms with Gasteiger partial charge < -0.3 is 0 Å². The van der Waals surface area contributed by atoms with Crippen LogP contribution in [0.25, 0.3) is 10.4 Å². The fourth-order valence-electron chi connectivity index (χ4n) is 1.59. The molecule has 0 atom stereocenters. The van der Waals surface area contributed by atoms with Gasteiger partial charge in [-0.25, -0.2) is 0 Å². The molecule has 0 aromatic carbocycles. The summed E-state index contributed by atoms with van der Waals surface area (Å²) in [5.41, 5.74) is 10.9. The summed E-state index contributed by atoms with van der Waals surface area (Å²) in [4.78, 5) is 2.73. The Morgan fingerprint density at radius 3 is 3.07 bits per heavy atom. The number of hydrogen-bond acceptors (Lipinski definition) is 1. The number of alkyl halides is 1. The summed E-state index contributed by atoms with van der Waals surface area (Å²) in [7, 11) is 0. The predicted molar refractivity (Wildman–Crippen MR) is 62.4 cm³/mol. The second kappa shape index (κ2) is 6.68. The summed E-state index contributed by atoms with van der Waals surface area (Å²) in [5, 5.41) is 4.36. The summed E-state index contributed by atoms with van der Waals surface area (Å²) in [6.07, 6.45) is 9.22. The molecule has 0 saturated carbocycles. The van der Waals surface area contributed by atoms with E-state index in [4.69, 9.17) is 5.53 Å². The van der Waals surface area contributed by atoms with Crippen LogP contribution in [0.3, 0.4) is 0 Å². The van der Waals surface area contributed by atoms with Gasteiger partial charge in [0.2, 0.25) is 0 Å². The molecular weight excluding hydrogens is 242 g/mol. The topological polar surface area (TPSA) is 48.8 Å². The van der Waals surface area contributed by atoms with Crippen molar-refractivity contribution in [1.82, 2.24) is 0 Å². The van der Waals surface area contributed by atoms with Crippen molar-refractivity contribution < 1.29 is 0 Å². The van der Waals surface area contributed by atoms with Crippen LogP contribution in [0, 0.1) is 0 Å². The molecule has 0 saturated heterocycles. The van der Waals surface area contributed by atoms with E-state index in [1.165, 1.54) is 30.4 Å². The van der Waals surface area contributed by atoms with Crippen molar-refractivity contribution >= 4 is 15.9 Å². The van der Waals surface area contributed by atoms with E-state index in [1.54, 1.807) is 0 Å². The van der Waals surface area contributed by atoms with Gasteiger partial charge in [-0.05, 0) is 42.4 Å². The number of halogens is 1. The molecule has 0 unspecified atom stereocenters. The highest BCUT2D eigenvalue weighted by atomic mass is 79.9. The Balaban J connectivity index is 2.64. The zero-order chi connectivity index (χ0) is 10.2. The third-order valence-corrected chi connectivity index (χ3v) is 2.93. The van der Waals surface area contributed by atoms with Crippen molar-refractivity contribution in [1.29, 1.82) is 0 Å². The van der Waals surface area contributed by atoms with Crippen molar-refractivity contribution in [2.45, 2.75) is 25.7 Å². The molecule has 76 valence electrons. The lowest BCUT2D eigenvalue weighted by Crippen LogP contribution is -1.97. The Labute approximate surface area is 92.6 Å². The Morgan fingerprint density at radius 2 is 2.50 bits per heavy atom. The predicted octanol–water partition coefficient (Wildman–Crippen LogP) is 4.12. The minimum Gasteiger partial charge on any atom is -0.0899 e. The van der Waals surface area contributed by atoms with E-state index in [9.17, 15) is 0 Å². The molecule has 1 rings (SSSR count). The van der Waals surface area contributed by atoms with Crippen LogP contribution in [-0.2, 0) is 0 Å². The molecule has 0 bridgehead atoms. The first-order valence-corrected chi connectivity index (χ1v) is 5.96. The first-order valence-electron chi connectivity index (χ1n) is 4.83. The molecule has 0 heterocycles. The Morgan fingerprint density at radius 1 is 1.64 bits per heavy atom. The van der Waals surface area contributed by atoms with Crippen LogP contribution >= 0.6 is 15.9 Å². The zero-order valence-electron chi connectivity index (χ0n) is 8.12. The van der Waals surface area contributed by atoms with Crippen molar-refractivity contribution in [2.75, 3.05) is 11.9 Å². The average Bonchev–Trinajstić information content (AvgIpc) is 2.26. The highest BCUT2D eigenvalue weighted by Crippen LogP contribution is 2.24. The number of rotatable bonds is 4. The van der Waals surface area contributed by atoms with Crippen LogP contribution in [0.4, 0.5) is 0 Å². The summed E-state index contributed by atoms with van der Waals surface area (Å²) in [6, 6.07) is 0. The summed E-state index contributed by atoms with van der Waals surface area (Å²) >= 11 is 3.46. The minimum atomic E-state index is 0.453. The highest BCUT2D eigenvalue weighted by Gasteiger charge is 2.06. The van der Waals surface area contributed by atoms with Gasteiger partial charge in [0.1, 0.15) is 0 Å². The van der Waals surface area contributed by atoms with Gasteiger partial charge in [-0.1, -0.05) is 33.2 Å². The molecule has 0 aliphatic heterocycles. The van der Waals surface area contributed by atoms with E-state index in [0.29, 0.717) is 6.54 Å². The van der Waals surface area contributed by atoms with E-state index in [1.807, 2.05) is 6.08 Å². The molecule has 1 aliphatic carbocycles. The number of hydrogen-bond donors (Lipinski definition) is 0. The molecule has 0 fully saturated rings. The lowest BCUT2D eigenvalue weighted by Gasteiger charge is -2.14. The number of nitrogens with zero attached hydrogens (tertiary/aromatic N) is 3.